The first kappa shape index (κ1) is 35.7. The molecule has 2 aromatic heterocycles. The molecule has 0 unspecified atom stereocenters. The first-order valence-electron chi connectivity index (χ1n) is 21.2. The molecule has 0 N–H and O–H groups in total. The third-order valence-electron chi connectivity index (χ3n) is 12.3. The number of aryl methyl sites for hydroxylation is 1. The fourth-order valence-corrected chi connectivity index (χ4v) is 9.39. The van der Waals surface area contributed by atoms with E-state index in [0.29, 0.717) is 0 Å². The van der Waals surface area contributed by atoms with E-state index in [2.05, 4.69) is 228 Å². The zero-order chi connectivity index (χ0) is 40.0. The van der Waals surface area contributed by atoms with Crippen molar-refractivity contribution in [3.8, 4) is 55.9 Å². The second-order valence-electron chi connectivity index (χ2n) is 15.9. The lowest BCUT2D eigenvalue weighted by Gasteiger charge is -2.13. The van der Waals surface area contributed by atoms with Gasteiger partial charge in [-0.2, -0.15) is 0 Å². The normalized spacial score (nSPS) is 11.6. The molecule has 0 fully saturated rings. The van der Waals surface area contributed by atoms with Crippen LogP contribution in [0.2, 0.25) is 0 Å². The molecular formula is C58H44N2. The summed E-state index contributed by atoms with van der Waals surface area (Å²) in [7, 11) is 0. The van der Waals surface area contributed by atoms with Crippen LogP contribution in [0.25, 0.3) is 99.5 Å². The standard InChI is InChI=1S/C58H44N2/c1-2-3-14-40-25-27-41(28-26-40)42-29-31-43(32-30-42)46-17-13-18-48(39-46)60-54-24-12-10-22-52(54)58-56(60)38-37-55-57(58)51-21-9-11-23-53(51)59(55)47-35-33-45(34-36-47)50-20-8-7-19-49(50)44-15-5-4-6-16-44/h4-13,15-39H,2-3,14H2,1H3. The van der Waals surface area contributed by atoms with Gasteiger partial charge in [-0.3, -0.25) is 0 Å². The fraction of sp³-hybridized carbons (Fsp3) is 0.0690. The highest BCUT2D eigenvalue weighted by atomic mass is 15.0. The van der Waals surface area contributed by atoms with Crippen LogP contribution in [-0.4, -0.2) is 9.13 Å². The summed E-state index contributed by atoms with van der Waals surface area (Å²) < 4.78 is 4.89. The Hall–Kier alpha value is -7.42. The number of hydrogen-bond donors (Lipinski definition) is 0. The molecule has 0 aliphatic rings. The topological polar surface area (TPSA) is 9.86 Å². The molecule has 286 valence electrons. The predicted octanol–water partition coefficient (Wildman–Crippen LogP) is 15.9. The van der Waals surface area contributed by atoms with Gasteiger partial charge in [0.1, 0.15) is 0 Å². The SMILES string of the molecule is CCCCc1ccc(-c2ccc(-c3cccc(-n4c5ccccc5c5c6c7ccccc7n(-c7ccc(-c8ccccc8-c8ccccc8)cc7)c6ccc54)c3)cc2)cc1. The molecule has 2 nitrogen and oxygen atoms in total. The first-order chi connectivity index (χ1) is 29.7. The van der Waals surface area contributed by atoms with Crippen LogP contribution in [0.15, 0.2) is 212 Å². The summed E-state index contributed by atoms with van der Waals surface area (Å²) in [4.78, 5) is 0. The Morgan fingerprint density at radius 3 is 1.40 bits per heavy atom. The smallest absolute Gasteiger partial charge is 0.0548 e. The van der Waals surface area contributed by atoms with Crippen LogP contribution < -0.4 is 0 Å². The molecule has 0 radical (unpaired) electrons. The number of para-hydroxylation sites is 2. The number of fused-ring (bicyclic) bond motifs is 7. The lowest BCUT2D eigenvalue weighted by atomic mass is 9.94. The molecule has 2 heterocycles. The first-order valence-corrected chi connectivity index (χ1v) is 21.2. The fourth-order valence-electron chi connectivity index (χ4n) is 9.39. The van der Waals surface area contributed by atoms with Crippen LogP contribution in [0.1, 0.15) is 25.3 Å². The van der Waals surface area contributed by atoms with E-state index in [4.69, 9.17) is 0 Å². The van der Waals surface area contributed by atoms with Gasteiger partial charge in [-0.05, 0) is 111 Å². The molecule has 11 rings (SSSR count). The van der Waals surface area contributed by atoms with Gasteiger partial charge in [0, 0.05) is 32.9 Å². The molecule has 2 heteroatoms. The van der Waals surface area contributed by atoms with Crippen molar-refractivity contribution in [3.05, 3.63) is 218 Å². The largest absolute Gasteiger partial charge is 0.309 e. The lowest BCUT2D eigenvalue weighted by Crippen LogP contribution is -1.95. The predicted molar refractivity (Wildman–Crippen MR) is 255 cm³/mol. The molecule has 0 amide bonds. The minimum absolute atomic E-state index is 1.15. The molecule has 0 saturated heterocycles. The maximum absolute atomic E-state index is 2.45. The van der Waals surface area contributed by atoms with E-state index < -0.39 is 0 Å². The molecule has 60 heavy (non-hydrogen) atoms. The lowest BCUT2D eigenvalue weighted by molar-refractivity contribution is 0.795. The van der Waals surface area contributed by atoms with Crippen molar-refractivity contribution >= 4 is 43.6 Å². The Labute approximate surface area is 351 Å². The molecule has 0 atom stereocenters. The summed E-state index contributed by atoms with van der Waals surface area (Å²) in [5.41, 5.74) is 18.3. The van der Waals surface area contributed by atoms with Gasteiger partial charge >= 0.3 is 0 Å². The number of benzene rings is 9. The highest BCUT2D eigenvalue weighted by Gasteiger charge is 2.21. The third-order valence-corrected chi connectivity index (χ3v) is 12.3. The van der Waals surface area contributed by atoms with Crippen molar-refractivity contribution in [2.75, 3.05) is 0 Å². The number of rotatable bonds is 9. The van der Waals surface area contributed by atoms with E-state index in [0.717, 1.165) is 17.8 Å². The van der Waals surface area contributed by atoms with Crippen LogP contribution in [0.4, 0.5) is 0 Å². The van der Waals surface area contributed by atoms with Crippen LogP contribution in [0.5, 0.6) is 0 Å². The molecule has 0 aliphatic heterocycles. The summed E-state index contributed by atoms with van der Waals surface area (Å²) in [6, 6.07) is 78.0. The quantitative estimate of drug-likeness (QED) is 0.138. The maximum atomic E-state index is 2.45. The summed E-state index contributed by atoms with van der Waals surface area (Å²) in [6.45, 7) is 2.25. The van der Waals surface area contributed by atoms with Gasteiger partial charge in [0.25, 0.3) is 0 Å². The zero-order valence-electron chi connectivity index (χ0n) is 33.7. The van der Waals surface area contributed by atoms with E-state index in [1.165, 1.54) is 107 Å². The Balaban J connectivity index is 1.01. The van der Waals surface area contributed by atoms with Gasteiger partial charge in [-0.15, -0.1) is 0 Å². The van der Waals surface area contributed by atoms with E-state index in [9.17, 15) is 0 Å². The minimum atomic E-state index is 1.15. The van der Waals surface area contributed by atoms with Crippen LogP contribution >= 0.6 is 0 Å². The van der Waals surface area contributed by atoms with E-state index in [-0.39, 0.29) is 0 Å². The molecule has 0 aliphatic carbocycles. The number of nitrogens with zero attached hydrogens (tertiary/aromatic N) is 2. The van der Waals surface area contributed by atoms with Crippen LogP contribution in [-0.2, 0) is 6.42 Å². The van der Waals surface area contributed by atoms with Gasteiger partial charge < -0.3 is 9.13 Å². The molecular weight excluding hydrogens is 725 g/mol. The number of hydrogen-bond acceptors (Lipinski definition) is 0. The molecule has 11 aromatic rings. The van der Waals surface area contributed by atoms with Gasteiger partial charge in [0.15, 0.2) is 0 Å². The van der Waals surface area contributed by atoms with Crippen molar-refractivity contribution in [3.63, 3.8) is 0 Å². The Morgan fingerprint density at radius 1 is 0.333 bits per heavy atom. The van der Waals surface area contributed by atoms with Crippen molar-refractivity contribution in [1.29, 1.82) is 0 Å². The average molecular weight is 769 g/mol. The van der Waals surface area contributed by atoms with E-state index >= 15 is 0 Å². The monoisotopic (exact) mass is 768 g/mol. The summed E-state index contributed by atoms with van der Waals surface area (Å²) in [5.74, 6) is 0. The molecule has 0 saturated carbocycles. The number of aromatic nitrogens is 2. The molecule has 0 bridgehead atoms. The van der Waals surface area contributed by atoms with Crippen LogP contribution in [0.3, 0.4) is 0 Å². The van der Waals surface area contributed by atoms with Crippen LogP contribution in [0, 0.1) is 0 Å². The highest BCUT2D eigenvalue weighted by molar-refractivity contribution is 6.28. The van der Waals surface area contributed by atoms with Gasteiger partial charge in [0.2, 0.25) is 0 Å². The van der Waals surface area contributed by atoms with Crippen molar-refractivity contribution in [2.45, 2.75) is 26.2 Å². The average Bonchev–Trinajstić information content (AvgIpc) is 3.84. The van der Waals surface area contributed by atoms with E-state index in [1.807, 2.05) is 0 Å². The highest BCUT2D eigenvalue weighted by Crippen LogP contribution is 2.43. The molecule has 0 spiro atoms. The van der Waals surface area contributed by atoms with Crippen molar-refractivity contribution in [2.24, 2.45) is 0 Å². The van der Waals surface area contributed by atoms with Crippen molar-refractivity contribution in [1.82, 2.24) is 9.13 Å². The summed E-state index contributed by atoms with van der Waals surface area (Å²) in [6.07, 6.45) is 3.60. The minimum Gasteiger partial charge on any atom is -0.309 e. The summed E-state index contributed by atoms with van der Waals surface area (Å²) >= 11 is 0. The summed E-state index contributed by atoms with van der Waals surface area (Å²) in [5, 5.41) is 5.07. The van der Waals surface area contributed by atoms with Crippen molar-refractivity contribution < 1.29 is 0 Å². The maximum Gasteiger partial charge on any atom is 0.0548 e. The Kier molecular flexibility index (Phi) is 8.97. The van der Waals surface area contributed by atoms with E-state index in [1.54, 1.807) is 0 Å². The van der Waals surface area contributed by atoms with Gasteiger partial charge in [-0.1, -0.05) is 177 Å². The Bertz CT molecular complexity index is 3310. The number of unbranched alkanes of at least 4 members (excludes halogenated alkanes) is 1. The van der Waals surface area contributed by atoms with Gasteiger partial charge in [-0.25, -0.2) is 0 Å². The second kappa shape index (κ2) is 15.1. The van der Waals surface area contributed by atoms with Gasteiger partial charge in [0.05, 0.1) is 22.1 Å². The third kappa shape index (κ3) is 6.12. The molecule has 9 aromatic carbocycles. The Morgan fingerprint density at radius 2 is 0.800 bits per heavy atom. The second-order valence-corrected chi connectivity index (χ2v) is 15.9. The zero-order valence-corrected chi connectivity index (χ0v) is 33.7.